The number of alkyl halides is 3. The predicted molar refractivity (Wildman–Crippen MR) is 105 cm³/mol. The fraction of sp³-hybridized carbons (Fsp3) is 0.450. The van der Waals surface area contributed by atoms with E-state index in [2.05, 4.69) is 4.98 Å². The summed E-state index contributed by atoms with van der Waals surface area (Å²) in [4.78, 5) is 27.6. The normalized spacial score (nSPS) is 23.2. The second-order valence-corrected chi connectivity index (χ2v) is 8.03. The quantitative estimate of drug-likeness (QED) is 0.756. The molecule has 2 aliphatic rings. The first-order valence-corrected chi connectivity index (χ1v) is 10.5. The fourth-order valence-corrected chi connectivity index (χ4v) is 4.22. The number of pyridine rings is 1. The number of aromatic nitrogens is 1. The van der Waals surface area contributed by atoms with Gasteiger partial charge in [-0.1, -0.05) is 6.07 Å². The maximum absolute atomic E-state index is 12.6. The van der Waals surface area contributed by atoms with Crippen molar-refractivity contribution in [1.82, 2.24) is 9.88 Å². The number of rotatable bonds is 3. The fourth-order valence-electron chi connectivity index (χ4n) is 3.59. The average molecular weight is 458 g/mol. The van der Waals surface area contributed by atoms with E-state index in [9.17, 15) is 18.0 Å². The predicted octanol–water partition coefficient (Wildman–Crippen LogP) is 3.62. The van der Waals surface area contributed by atoms with Crippen molar-refractivity contribution in [2.75, 3.05) is 19.7 Å². The molecule has 0 radical (unpaired) electrons. The van der Waals surface area contributed by atoms with Crippen molar-refractivity contribution in [3.63, 3.8) is 0 Å². The summed E-state index contributed by atoms with van der Waals surface area (Å²) in [6.07, 6.45) is -0.620. The maximum Gasteiger partial charge on any atom is 0.490 e. The first-order valence-electron chi connectivity index (χ1n) is 9.52. The molecule has 0 bridgehead atoms. The van der Waals surface area contributed by atoms with E-state index in [0.717, 1.165) is 31.4 Å². The lowest BCUT2D eigenvalue weighted by Gasteiger charge is -2.39. The van der Waals surface area contributed by atoms with Gasteiger partial charge >= 0.3 is 12.1 Å². The van der Waals surface area contributed by atoms with Gasteiger partial charge in [0, 0.05) is 30.6 Å². The van der Waals surface area contributed by atoms with Crippen LogP contribution in [0, 0.1) is 0 Å². The van der Waals surface area contributed by atoms with Crippen molar-refractivity contribution in [2.45, 2.75) is 37.1 Å². The van der Waals surface area contributed by atoms with Gasteiger partial charge in [-0.15, -0.1) is 0 Å². The molecular formula is C20H21F3N2O5S. The zero-order valence-electron chi connectivity index (χ0n) is 16.4. The van der Waals surface area contributed by atoms with E-state index in [-0.39, 0.29) is 17.6 Å². The lowest BCUT2D eigenvalue weighted by atomic mass is 9.89. The van der Waals surface area contributed by atoms with E-state index in [4.69, 9.17) is 19.4 Å². The Labute approximate surface area is 180 Å². The number of halogens is 3. The second-order valence-electron chi connectivity index (χ2n) is 7.25. The lowest BCUT2D eigenvalue weighted by Crippen LogP contribution is -2.50. The summed E-state index contributed by atoms with van der Waals surface area (Å²) in [5, 5.41) is 11.0. The van der Waals surface area contributed by atoms with E-state index in [1.165, 1.54) is 0 Å². The largest absolute Gasteiger partial charge is 0.490 e. The Hall–Kier alpha value is -2.66. The summed E-state index contributed by atoms with van der Waals surface area (Å²) in [7, 11) is 0. The Morgan fingerprint density at radius 2 is 2.10 bits per heavy atom. The van der Waals surface area contributed by atoms with Gasteiger partial charge in [0.15, 0.2) is 0 Å². The molecule has 2 saturated heterocycles. The van der Waals surface area contributed by atoms with Crippen LogP contribution in [0.3, 0.4) is 0 Å². The van der Waals surface area contributed by atoms with Crippen LogP contribution < -0.4 is 4.74 Å². The van der Waals surface area contributed by atoms with E-state index in [1.807, 2.05) is 39.9 Å². The number of ether oxygens (including phenoxy) is 2. The summed E-state index contributed by atoms with van der Waals surface area (Å²) in [6.45, 7) is 1.99. The van der Waals surface area contributed by atoms with Gasteiger partial charge in [0.05, 0.1) is 24.3 Å². The van der Waals surface area contributed by atoms with Gasteiger partial charge in [-0.25, -0.2) is 9.78 Å². The molecule has 1 amide bonds. The van der Waals surface area contributed by atoms with Crippen molar-refractivity contribution < 1.29 is 37.3 Å². The third kappa shape index (κ3) is 6.17. The summed E-state index contributed by atoms with van der Waals surface area (Å²) in [6, 6.07) is 7.53. The molecule has 2 aliphatic heterocycles. The van der Waals surface area contributed by atoms with E-state index >= 15 is 0 Å². The van der Waals surface area contributed by atoms with Crippen LogP contribution in [-0.2, 0) is 9.53 Å². The molecule has 2 aromatic rings. The number of aliphatic carboxylic acids is 1. The standard InChI is InChI=1S/C18H20N2O3S.C2HF3O2/c21-17(14-5-9-24-12-14)20-8-3-6-18(13-20)10-15(11-22-18)23-16-4-1-2-7-19-16;3-2(4,5)1(6)7/h1-2,4-5,7,9,12,15H,3,6,8,10-11,13H2;(H,6,7)/t15-,18+;/m1./s1. The Morgan fingerprint density at radius 1 is 1.32 bits per heavy atom. The molecule has 168 valence electrons. The smallest absolute Gasteiger partial charge is 0.475 e. The molecule has 4 rings (SSSR count). The van der Waals surface area contributed by atoms with Crippen LogP contribution in [0.4, 0.5) is 13.2 Å². The molecule has 7 nitrogen and oxygen atoms in total. The van der Waals surface area contributed by atoms with Crippen LogP contribution in [0.5, 0.6) is 5.88 Å². The van der Waals surface area contributed by atoms with Crippen LogP contribution in [0.1, 0.15) is 29.6 Å². The number of likely N-dealkylation sites (tertiary alicyclic amines) is 1. The molecule has 0 aliphatic carbocycles. The molecular weight excluding hydrogens is 437 g/mol. The Kier molecular flexibility index (Phi) is 7.16. The molecule has 1 N–H and O–H groups in total. The molecule has 11 heteroatoms. The van der Waals surface area contributed by atoms with Crippen molar-refractivity contribution in [3.05, 3.63) is 46.8 Å². The average Bonchev–Trinajstić information content (AvgIpc) is 3.39. The SMILES string of the molecule is O=C(O)C(F)(F)F.O=C(c1ccsc1)N1CCC[C@]2(C[C@@H](Oc3ccccn3)CO2)C1. The van der Waals surface area contributed by atoms with Gasteiger partial charge in [0.1, 0.15) is 6.10 Å². The first-order chi connectivity index (χ1) is 14.7. The molecule has 2 atom stereocenters. The highest BCUT2D eigenvalue weighted by Gasteiger charge is 2.45. The van der Waals surface area contributed by atoms with Gasteiger partial charge in [-0.2, -0.15) is 24.5 Å². The van der Waals surface area contributed by atoms with Crippen LogP contribution in [0.25, 0.3) is 0 Å². The highest BCUT2D eigenvalue weighted by Crippen LogP contribution is 2.36. The van der Waals surface area contributed by atoms with Gasteiger partial charge in [-0.05, 0) is 30.4 Å². The minimum absolute atomic E-state index is 0.00361. The van der Waals surface area contributed by atoms with Crippen LogP contribution in [0.15, 0.2) is 41.2 Å². The highest BCUT2D eigenvalue weighted by atomic mass is 32.1. The zero-order valence-corrected chi connectivity index (χ0v) is 17.2. The van der Waals surface area contributed by atoms with Crippen LogP contribution in [-0.4, -0.2) is 64.4 Å². The van der Waals surface area contributed by atoms with Crippen molar-refractivity contribution in [2.24, 2.45) is 0 Å². The van der Waals surface area contributed by atoms with Gasteiger partial charge in [0.25, 0.3) is 5.91 Å². The van der Waals surface area contributed by atoms with E-state index < -0.39 is 12.1 Å². The number of carbonyl (C=O) groups excluding carboxylic acids is 1. The van der Waals surface area contributed by atoms with Crippen molar-refractivity contribution in [1.29, 1.82) is 0 Å². The van der Waals surface area contributed by atoms with Gasteiger partial charge < -0.3 is 19.5 Å². The number of carboxylic acids is 1. The zero-order chi connectivity index (χ0) is 22.5. The van der Waals surface area contributed by atoms with Gasteiger partial charge in [-0.3, -0.25) is 4.79 Å². The molecule has 4 heterocycles. The summed E-state index contributed by atoms with van der Waals surface area (Å²) < 4.78 is 43.8. The summed E-state index contributed by atoms with van der Waals surface area (Å²) in [5.74, 6) is -2.02. The molecule has 0 unspecified atom stereocenters. The lowest BCUT2D eigenvalue weighted by molar-refractivity contribution is -0.192. The number of hydrogen-bond acceptors (Lipinski definition) is 6. The summed E-state index contributed by atoms with van der Waals surface area (Å²) in [5.41, 5.74) is 0.500. The molecule has 2 aromatic heterocycles. The molecule has 2 fully saturated rings. The number of carboxylic acid groups (broad SMARTS) is 1. The third-order valence-corrected chi connectivity index (χ3v) is 5.62. The third-order valence-electron chi connectivity index (χ3n) is 4.94. The topological polar surface area (TPSA) is 89.0 Å². The minimum Gasteiger partial charge on any atom is -0.475 e. The number of carbonyl (C=O) groups is 2. The van der Waals surface area contributed by atoms with Crippen LogP contribution >= 0.6 is 11.3 Å². The molecule has 31 heavy (non-hydrogen) atoms. The molecule has 1 spiro atoms. The molecule has 0 aromatic carbocycles. The first kappa shape index (κ1) is 23.0. The number of piperidine rings is 1. The second kappa shape index (κ2) is 9.65. The monoisotopic (exact) mass is 458 g/mol. The van der Waals surface area contributed by atoms with Crippen molar-refractivity contribution >= 4 is 23.2 Å². The van der Waals surface area contributed by atoms with E-state index in [0.29, 0.717) is 19.0 Å². The minimum atomic E-state index is -5.08. The Morgan fingerprint density at radius 3 is 2.71 bits per heavy atom. The van der Waals surface area contributed by atoms with Gasteiger partial charge in [0.2, 0.25) is 5.88 Å². The Balaban J connectivity index is 0.000000339. The Bertz CT molecular complexity index is 879. The number of amides is 1. The van der Waals surface area contributed by atoms with Crippen molar-refractivity contribution in [3.8, 4) is 5.88 Å². The van der Waals surface area contributed by atoms with Crippen LogP contribution in [0.2, 0.25) is 0 Å². The number of hydrogen-bond donors (Lipinski definition) is 1. The molecule has 0 saturated carbocycles. The maximum atomic E-state index is 12.6. The van der Waals surface area contributed by atoms with E-state index in [1.54, 1.807) is 17.5 Å². The highest BCUT2D eigenvalue weighted by molar-refractivity contribution is 7.08. The number of nitrogens with zero attached hydrogens (tertiary/aromatic N) is 2. The summed E-state index contributed by atoms with van der Waals surface area (Å²) >= 11 is 1.55. The number of thiophene rings is 1.